The van der Waals surface area contributed by atoms with E-state index < -0.39 is 0 Å². The highest BCUT2D eigenvalue weighted by Gasteiger charge is 1.94. The van der Waals surface area contributed by atoms with Crippen LogP contribution in [0, 0.1) is 0 Å². The van der Waals surface area contributed by atoms with Gasteiger partial charge in [-0.25, -0.2) is 9.98 Å². The van der Waals surface area contributed by atoms with E-state index in [1.165, 1.54) is 51.4 Å². The van der Waals surface area contributed by atoms with Crippen LogP contribution in [-0.4, -0.2) is 66.5 Å². The number of rotatable bonds is 20. The van der Waals surface area contributed by atoms with Crippen LogP contribution in [0.4, 0.5) is 0 Å². The molecule has 0 heterocycles. The van der Waals surface area contributed by atoms with Gasteiger partial charge in [0.1, 0.15) is 0 Å². The number of allylic oxidation sites excluding steroid dienone is 4. The van der Waals surface area contributed by atoms with E-state index in [-0.39, 0.29) is 0 Å². The van der Waals surface area contributed by atoms with Gasteiger partial charge in [0.15, 0.2) is 0 Å². The number of nitrogens with one attached hydrogen (secondary N) is 4. The SMILES string of the molecule is CNCCCC/C=C/CCCC[NH+]=C(N)OC.CNCCCCC/C=C/CCC[NH+]=C(N)OC. The van der Waals surface area contributed by atoms with Gasteiger partial charge in [-0.3, -0.25) is 11.5 Å². The zero-order valence-corrected chi connectivity index (χ0v) is 22.6. The molecule has 0 atom stereocenters. The molecule has 8 N–H and O–H groups in total. The Hall–Kier alpha value is -2.06. The predicted molar refractivity (Wildman–Crippen MR) is 146 cm³/mol. The minimum absolute atomic E-state index is 0.401. The Labute approximate surface area is 209 Å². The summed E-state index contributed by atoms with van der Waals surface area (Å²) in [5.41, 5.74) is 10.9. The van der Waals surface area contributed by atoms with E-state index >= 15 is 0 Å². The fourth-order valence-corrected chi connectivity index (χ4v) is 2.95. The van der Waals surface area contributed by atoms with E-state index in [0.29, 0.717) is 12.0 Å². The highest BCUT2D eigenvalue weighted by molar-refractivity contribution is 5.64. The highest BCUT2D eigenvalue weighted by Crippen LogP contribution is 2.01. The van der Waals surface area contributed by atoms with Crippen molar-refractivity contribution in [3.05, 3.63) is 24.3 Å². The van der Waals surface area contributed by atoms with Crippen molar-refractivity contribution < 1.29 is 19.5 Å². The van der Waals surface area contributed by atoms with Crippen LogP contribution in [0.5, 0.6) is 0 Å². The molecule has 0 amide bonds. The van der Waals surface area contributed by atoms with Gasteiger partial charge in [0.25, 0.3) is 0 Å². The van der Waals surface area contributed by atoms with Crippen LogP contribution < -0.4 is 32.1 Å². The molecule has 8 nitrogen and oxygen atoms in total. The van der Waals surface area contributed by atoms with Gasteiger partial charge in [-0.2, -0.15) is 0 Å². The number of hydrogen-bond donors (Lipinski definition) is 6. The Bertz CT molecular complexity index is 521. The summed E-state index contributed by atoms with van der Waals surface area (Å²) >= 11 is 0. The molecule has 34 heavy (non-hydrogen) atoms. The monoisotopic (exact) mass is 484 g/mol. The van der Waals surface area contributed by atoms with E-state index in [4.69, 9.17) is 20.9 Å². The molecule has 0 saturated carbocycles. The highest BCUT2D eigenvalue weighted by atomic mass is 16.5. The molecule has 0 aromatic carbocycles. The van der Waals surface area contributed by atoms with Crippen LogP contribution in [0.15, 0.2) is 24.3 Å². The van der Waals surface area contributed by atoms with E-state index in [0.717, 1.165) is 51.9 Å². The lowest BCUT2D eigenvalue weighted by molar-refractivity contribution is -0.469. The lowest BCUT2D eigenvalue weighted by Gasteiger charge is -1.97. The first kappa shape index (κ1) is 34.1. The quantitative estimate of drug-likeness (QED) is 0.0639. The van der Waals surface area contributed by atoms with Gasteiger partial charge in [-0.15, -0.1) is 0 Å². The second kappa shape index (κ2) is 30.9. The zero-order valence-electron chi connectivity index (χ0n) is 22.6. The van der Waals surface area contributed by atoms with Crippen molar-refractivity contribution >= 4 is 12.0 Å². The van der Waals surface area contributed by atoms with Crippen LogP contribution in [0.1, 0.15) is 77.0 Å². The standard InChI is InChI=1S/2C13H27N3O/c2*1-15-11-9-7-5-3-4-6-8-10-12-16-13(14)17-2/h4,6,15H,3,5,7-12H2,1-2H3,(H2,14,16);3-4,15H,5-12H2,1-2H3,(H2,14,16)/p+2/b6-4+;4-3+. The molecule has 0 aromatic rings. The molecule has 0 aliphatic rings. The number of nitrogens with two attached hydrogens (primary N) is 2. The molecule has 200 valence electrons. The Morgan fingerprint density at radius 3 is 1.44 bits per heavy atom. The number of unbranched alkanes of at least 4 members (excludes halogenated alkanes) is 8. The molecule has 0 spiro atoms. The van der Waals surface area contributed by atoms with Gasteiger partial charge in [-0.1, -0.05) is 30.7 Å². The van der Waals surface area contributed by atoms with Crippen molar-refractivity contribution in [2.75, 3.05) is 54.5 Å². The van der Waals surface area contributed by atoms with Crippen LogP contribution in [0.25, 0.3) is 0 Å². The maximum atomic E-state index is 5.46. The lowest BCUT2D eigenvalue weighted by Crippen LogP contribution is -2.76. The van der Waals surface area contributed by atoms with Crippen molar-refractivity contribution in [3.63, 3.8) is 0 Å². The van der Waals surface area contributed by atoms with Crippen LogP contribution in [0.2, 0.25) is 0 Å². The Morgan fingerprint density at radius 2 is 0.971 bits per heavy atom. The topological polar surface area (TPSA) is 122 Å². The fraction of sp³-hybridized carbons (Fsp3) is 0.769. The van der Waals surface area contributed by atoms with E-state index in [1.54, 1.807) is 14.2 Å². The summed E-state index contributed by atoms with van der Waals surface area (Å²) in [5.74, 6) is 0. The summed E-state index contributed by atoms with van der Waals surface area (Å²) in [7, 11) is 7.13. The maximum Gasteiger partial charge on any atom is 0.439 e. The first-order valence-electron chi connectivity index (χ1n) is 13.0. The number of methoxy groups -OCH3 is 2. The van der Waals surface area contributed by atoms with Crippen LogP contribution in [-0.2, 0) is 9.47 Å². The molecule has 0 rings (SSSR count). The van der Waals surface area contributed by atoms with E-state index in [2.05, 4.69) is 44.9 Å². The van der Waals surface area contributed by atoms with Crippen LogP contribution in [0.3, 0.4) is 0 Å². The molecule has 0 radical (unpaired) electrons. The van der Waals surface area contributed by atoms with Crippen molar-refractivity contribution in [1.82, 2.24) is 10.6 Å². The molecule has 0 aliphatic heterocycles. The van der Waals surface area contributed by atoms with Crippen molar-refractivity contribution in [3.8, 4) is 0 Å². The summed E-state index contributed by atoms with van der Waals surface area (Å²) in [6.07, 6.45) is 23.6. The third-order valence-electron chi connectivity index (χ3n) is 5.06. The van der Waals surface area contributed by atoms with Gasteiger partial charge >= 0.3 is 12.0 Å². The van der Waals surface area contributed by atoms with Gasteiger partial charge < -0.3 is 20.1 Å². The predicted octanol–water partition coefficient (Wildman–Crippen LogP) is 0.289. The van der Waals surface area contributed by atoms with Crippen molar-refractivity contribution in [1.29, 1.82) is 0 Å². The average molecular weight is 485 g/mol. The number of hydrogen-bond acceptors (Lipinski definition) is 4. The second-order valence-electron chi connectivity index (χ2n) is 8.12. The molecule has 0 unspecified atom stereocenters. The second-order valence-corrected chi connectivity index (χ2v) is 8.12. The van der Waals surface area contributed by atoms with Gasteiger partial charge in [0, 0.05) is 0 Å². The van der Waals surface area contributed by atoms with E-state index in [1.807, 2.05) is 14.1 Å². The maximum absolute atomic E-state index is 5.46. The minimum atomic E-state index is 0.401. The van der Waals surface area contributed by atoms with Gasteiger partial charge in [0.05, 0.1) is 27.3 Å². The molecule has 0 saturated heterocycles. The van der Waals surface area contributed by atoms with Gasteiger partial charge in [0.2, 0.25) is 0 Å². The molecular formula is C26H56N6O2+2. The van der Waals surface area contributed by atoms with Crippen molar-refractivity contribution in [2.24, 2.45) is 11.5 Å². The molecular weight excluding hydrogens is 428 g/mol. The lowest BCUT2D eigenvalue weighted by atomic mass is 10.1. The average Bonchev–Trinajstić information content (AvgIpc) is 2.85. The Balaban J connectivity index is 0. The summed E-state index contributed by atoms with van der Waals surface area (Å²) in [5, 5.41) is 6.31. The summed E-state index contributed by atoms with van der Waals surface area (Å²) in [6, 6.07) is 0.809. The first-order chi connectivity index (χ1) is 16.6. The Morgan fingerprint density at radius 1 is 0.588 bits per heavy atom. The van der Waals surface area contributed by atoms with Crippen LogP contribution >= 0.6 is 0 Å². The van der Waals surface area contributed by atoms with Gasteiger partial charge in [-0.05, 0) is 97.8 Å². The largest absolute Gasteiger partial charge is 0.439 e. The summed E-state index contributed by atoms with van der Waals surface area (Å²) in [6.45, 7) is 4.01. The smallest absolute Gasteiger partial charge is 0.435 e. The molecule has 0 aliphatic carbocycles. The number of amidine groups is 2. The third kappa shape index (κ3) is 32.1. The minimum Gasteiger partial charge on any atom is -0.435 e. The fourth-order valence-electron chi connectivity index (χ4n) is 2.95. The summed E-state index contributed by atoms with van der Waals surface area (Å²) in [4.78, 5) is 5.99. The molecule has 0 aromatic heterocycles. The molecule has 0 bridgehead atoms. The molecule has 8 heteroatoms. The normalized spacial score (nSPS) is 12.2. The first-order valence-corrected chi connectivity index (χ1v) is 13.0. The third-order valence-corrected chi connectivity index (χ3v) is 5.06. The van der Waals surface area contributed by atoms with Crippen molar-refractivity contribution in [2.45, 2.75) is 77.0 Å². The Kier molecular flexibility index (Phi) is 31.0. The van der Waals surface area contributed by atoms with E-state index in [9.17, 15) is 0 Å². The molecule has 0 fully saturated rings. The zero-order chi connectivity index (χ0) is 25.5. The number of ether oxygens (including phenoxy) is 2. The summed E-state index contributed by atoms with van der Waals surface area (Å²) < 4.78 is 9.61.